The second-order valence-corrected chi connectivity index (χ2v) is 17.3. The Bertz CT molecular complexity index is 1410. The molecule has 0 aromatic heterocycles. The molecule has 2 aromatic carbocycles. The van der Waals surface area contributed by atoms with Crippen LogP contribution in [0.4, 0.5) is 0 Å². The average molecular weight is 822 g/mol. The molecule has 2 unspecified atom stereocenters. The summed E-state index contributed by atoms with van der Waals surface area (Å²) in [5.41, 5.74) is 9.52. The van der Waals surface area contributed by atoms with Crippen molar-refractivity contribution in [1.29, 1.82) is 0 Å². The lowest BCUT2D eigenvalue weighted by atomic mass is 9.80. The molecule has 0 spiro atoms. The summed E-state index contributed by atoms with van der Waals surface area (Å²) in [4.78, 5) is 47.6. The van der Waals surface area contributed by atoms with E-state index in [9.17, 15) is 24.3 Å². The van der Waals surface area contributed by atoms with Gasteiger partial charge in [0.25, 0.3) is 0 Å². The molecule has 0 bridgehead atoms. The van der Waals surface area contributed by atoms with Crippen molar-refractivity contribution >= 4 is 59.6 Å². The van der Waals surface area contributed by atoms with Crippen LogP contribution in [0.3, 0.4) is 0 Å². The number of unbranched alkanes of at least 4 members (excludes halogenated alkanes) is 2. The van der Waals surface area contributed by atoms with Gasteiger partial charge in [0.2, 0.25) is 5.91 Å². The molecule has 2 fully saturated rings. The minimum atomic E-state index is -0.631. The molecule has 55 heavy (non-hydrogen) atoms. The zero-order valence-corrected chi connectivity index (χ0v) is 36.7. The Hall–Kier alpha value is -2.53. The van der Waals surface area contributed by atoms with Gasteiger partial charge in [-0.25, -0.2) is 4.79 Å². The summed E-state index contributed by atoms with van der Waals surface area (Å²) >= 11 is 3.69. The molecule has 1 amide bonds. The van der Waals surface area contributed by atoms with Crippen molar-refractivity contribution in [3.63, 3.8) is 0 Å². The summed E-state index contributed by atoms with van der Waals surface area (Å²) in [6.45, 7) is 5.60. The first-order valence-electron chi connectivity index (χ1n) is 19.8. The highest BCUT2D eigenvalue weighted by atomic mass is 35.5. The van der Waals surface area contributed by atoms with Crippen LogP contribution in [0.5, 0.6) is 0 Å². The Morgan fingerprint density at radius 3 is 1.56 bits per heavy atom. The van der Waals surface area contributed by atoms with Crippen molar-refractivity contribution in [3.05, 3.63) is 70.8 Å². The molecule has 4 rings (SSSR count). The lowest BCUT2D eigenvalue weighted by Gasteiger charge is -2.30. The number of carbonyl (C=O) groups is 4. The predicted octanol–water partition coefficient (Wildman–Crippen LogP) is 9.33. The van der Waals surface area contributed by atoms with Crippen molar-refractivity contribution in [2.75, 3.05) is 31.1 Å². The molecule has 2 aromatic rings. The molecule has 2 aliphatic rings. The lowest BCUT2D eigenvalue weighted by molar-refractivity contribution is -0.149. The van der Waals surface area contributed by atoms with Crippen LogP contribution in [0.2, 0.25) is 0 Å². The van der Waals surface area contributed by atoms with Gasteiger partial charge in [0.1, 0.15) is 11.8 Å². The van der Waals surface area contributed by atoms with E-state index in [1.54, 1.807) is 0 Å². The molecule has 0 aliphatic heterocycles. The Morgan fingerprint density at radius 2 is 1.16 bits per heavy atom. The average Bonchev–Trinajstić information content (AvgIpc) is 3.86. The summed E-state index contributed by atoms with van der Waals surface area (Å²) in [6, 6.07) is 15.2. The Balaban J connectivity index is 0.000000454. The number of thioether (sulfide) groups is 2. The van der Waals surface area contributed by atoms with Gasteiger partial charge >= 0.3 is 11.9 Å². The third-order valence-corrected chi connectivity index (χ3v) is 12.4. The third kappa shape index (κ3) is 18.1. The maximum Gasteiger partial charge on any atom is 0.328 e. The standard InChI is InChI=1S/C22H33NO3S.C11H15NO.C11H20O2S.ClH/c1-17-8-10-18(11-9-17)16-19(20(24)26-2)23-21(25)22(12-4-5-13-22)14-6-7-15-27-3;1-8-3-5-10(6-4-8)7-11(12)9(2)13;1-14-9-5-4-8-11(10(12)13)6-2-3-7-11;/h8-11,19H,4-7,12-16H2,1-3H3,(H,23,25);3-6,11H,7,12H2,1-2H3;2-9H2,1H3,(H,12,13);1H. The van der Waals surface area contributed by atoms with E-state index in [0.29, 0.717) is 12.8 Å². The topological polar surface area (TPSA) is 136 Å². The van der Waals surface area contributed by atoms with Gasteiger partial charge in [-0.05, 0) is 114 Å². The normalized spacial score (nSPS) is 16.2. The van der Waals surface area contributed by atoms with Gasteiger partial charge in [0.05, 0.1) is 18.6 Å². The van der Waals surface area contributed by atoms with E-state index in [2.05, 4.69) is 17.8 Å². The molecule has 4 N–H and O–H groups in total. The fraction of sp³-hybridized carbons (Fsp3) is 0.636. The highest BCUT2D eigenvalue weighted by molar-refractivity contribution is 7.98. The minimum Gasteiger partial charge on any atom is -0.481 e. The van der Waals surface area contributed by atoms with Gasteiger partial charge in [-0.1, -0.05) is 98.2 Å². The number of rotatable bonds is 19. The van der Waals surface area contributed by atoms with Gasteiger partial charge in [0, 0.05) is 11.8 Å². The maximum atomic E-state index is 13.2. The van der Waals surface area contributed by atoms with Crippen molar-refractivity contribution in [2.45, 2.75) is 136 Å². The Morgan fingerprint density at radius 1 is 0.745 bits per heavy atom. The molecular formula is C44H69ClN2O6S2. The number of benzene rings is 2. The smallest absolute Gasteiger partial charge is 0.328 e. The molecule has 0 radical (unpaired) electrons. The second-order valence-electron chi connectivity index (χ2n) is 15.3. The van der Waals surface area contributed by atoms with Crippen LogP contribution in [0.1, 0.15) is 119 Å². The van der Waals surface area contributed by atoms with Gasteiger partial charge in [-0.3, -0.25) is 14.4 Å². The number of halogens is 1. The molecule has 2 saturated carbocycles. The first-order chi connectivity index (χ1) is 25.8. The Labute approximate surface area is 346 Å². The minimum absolute atomic E-state index is 0. The van der Waals surface area contributed by atoms with Crippen LogP contribution in [0, 0.1) is 24.7 Å². The summed E-state index contributed by atoms with van der Waals surface area (Å²) in [5.74, 6) is 1.44. The summed E-state index contributed by atoms with van der Waals surface area (Å²) in [7, 11) is 1.38. The van der Waals surface area contributed by atoms with Crippen molar-refractivity contribution in [1.82, 2.24) is 5.32 Å². The number of ketones is 1. The van der Waals surface area contributed by atoms with Crippen LogP contribution >= 0.6 is 35.9 Å². The molecule has 2 aliphatic carbocycles. The number of esters is 1. The number of carboxylic acid groups (broad SMARTS) is 1. The van der Waals surface area contributed by atoms with Crippen LogP contribution in [0.25, 0.3) is 0 Å². The van der Waals surface area contributed by atoms with Crippen molar-refractivity contribution in [3.8, 4) is 0 Å². The molecule has 0 heterocycles. The number of aliphatic carboxylic acids is 1. The third-order valence-electron chi connectivity index (χ3n) is 11.0. The summed E-state index contributed by atoms with van der Waals surface area (Å²) < 4.78 is 4.96. The predicted molar refractivity (Wildman–Crippen MR) is 234 cm³/mol. The number of carboxylic acids is 1. The van der Waals surface area contributed by atoms with E-state index in [4.69, 9.17) is 10.5 Å². The van der Waals surface area contributed by atoms with Crippen molar-refractivity contribution < 1.29 is 29.0 Å². The molecule has 8 nitrogen and oxygen atoms in total. The van der Waals surface area contributed by atoms with E-state index in [0.717, 1.165) is 113 Å². The van der Waals surface area contributed by atoms with Crippen LogP contribution in [-0.2, 0) is 36.8 Å². The lowest BCUT2D eigenvalue weighted by Crippen LogP contribution is -2.49. The number of methoxy groups -OCH3 is 1. The largest absolute Gasteiger partial charge is 0.481 e. The highest BCUT2D eigenvalue weighted by Crippen LogP contribution is 2.43. The molecule has 2 atom stereocenters. The maximum absolute atomic E-state index is 13.2. The molecule has 310 valence electrons. The number of amides is 1. The number of ether oxygens (including phenoxy) is 1. The van der Waals surface area contributed by atoms with E-state index < -0.39 is 12.0 Å². The number of nitrogens with two attached hydrogens (primary N) is 1. The SMILES string of the molecule is CC(=O)C(N)Cc1ccc(C)cc1.COC(=O)C(Cc1ccc(C)cc1)NC(=O)C1(CCCCSC)CCCC1.CSCCCCC1(C(=O)O)CCCC1.Cl. The quantitative estimate of drug-likeness (QED) is 0.0936. The van der Waals surface area contributed by atoms with E-state index in [1.165, 1.54) is 25.2 Å². The molecule has 11 heteroatoms. The first-order valence-corrected chi connectivity index (χ1v) is 22.6. The van der Waals surface area contributed by atoms with E-state index >= 15 is 0 Å². The first kappa shape index (κ1) is 50.5. The van der Waals surface area contributed by atoms with Gasteiger partial charge < -0.3 is 20.9 Å². The fourth-order valence-corrected chi connectivity index (χ4v) is 8.40. The van der Waals surface area contributed by atoms with Crippen LogP contribution in [0.15, 0.2) is 48.5 Å². The van der Waals surface area contributed by atoms with E-state index in [1.807, 2.05) is 85.9 Å². The fourth-order valence-electron chi connectivity index (χ4n) is 7.41. The monoisotopic (exact) mass is 820 g/mol. The van der Waals surface area contributed by atoms with Gasteiger partial charge in [-0.2, -0.15) is 23.5 Å². The number of hydrogen-bond donors (Lipinski definition) is 3. The number of Topliss-reactive ketones (excluding diaryl/α,β-unsaturated/α-hetero) is 1. The van der Waals surface area contributed by atoms with E-state index in [-0.39, 0.29) is 46.9 Å². The molecular weight excluding hydrogens is 752 g/mol. The van der Waals surface area contributed by atoms with Gasteiger partial charge in [-0.15, -0.1) is 12.4 Å². The number of hydrogen-bond acceptors (Lipinski definition) is 8. The van der Waals surface area contributed by atoms with Crippen LogP contribution in [-0.4, -0.2) is 71.9 Å². The van der Waals surface area contributed by atoms with Crippen LogP contribution < -0.4 is 11.1 Å². The Kier molecular flexibility index (Phi) is 24.9. The number of aryl methyl sites for hydroxylation is 2. The van der Waals surface area contributed by atoms with Crippen molar-refractivity contribution in [2.24, 2.45) is 16.6 Å². The summed E-state index contributed by atoms with van der Waals surface area (Å²) in [6.07, 6.45) is 19.6. The zero-order chi connectivity index (χ0) is 40.0. The zero-order valence-electron chi connectivity index (χ0n) is 34.3. The molecule has 0 saturated heterocycles. The summed E-state index contributed by atoms with van der Waals surface area (Å²) in [5, 5.41) is 12.3. The highest BCUT2D eigenvalue weighted by Gasteiger charge is 2.42. The van der Waals surface area contributed by atoms with Gasteiger partial charge in [0.15, 0.2) is 0 Å². The number of carbonyl (C=O) groups excluding carboxylic acids is 3. The number of nitrogens with one attached hydrogen (secondary N) is 1. The second kappa shape index (κ2) is 27.2.